The van der Waals surface area contributed by atoms with Gasteiger partial charge in [0.25, 0.3) is 0 Å². The third-order valence-electron chi connectivity index (χ3n) is 3.12. The standard InChI is InChI=1S/C14H21BrN4O/c1-9(2)7-16-13(20)8-19(3)12-6-11(15)17-14(18-12)10-4-5-10/h6,9-10H,4-5,7-8H2,1-3H3,(H,16,20). The summed E-state index contributed by atoms with van der Waals surface area (Å²) < 4.78 is 0.777. The van der Waals surface area contributed by atoms with Gasteiger partial charge in [0.15, 0.2) is 0 Å². The highest BCUT2D eigenvalue weighted by Crippen LogP contribution is 2.39. The quantitative estimate of drug-likeness (QED) is 0.807. The maximum Gasteiger partial charge on any atom is 0.239 e. The molecule has 1 aromatic rings. The molecule has 1 amide bonds. The minimum Gasteiger partial charge on any atom is -0.354 e. The first kappa shape index (κ1) is 15.2. The summed E-state index contributed by atoms with van der Waals surface area (Å²) in [5.74, 6) is 2.63. The van der Waals surface area contributed by atoms with E-state index in [2.05, 4.69) is 45.1 Å². The number of nitrogens with one attached hydrogen (secondary N) is 1. The van der Waals surface area contributed by atoms with E-state index in [0.29, 0.717) is 24.9 Å². The van der Waals surface area contributed by atoms with Crippen LogP contribution >= 0.6 is 15.9 Å². The van der Waals surface area contributed by atoms with Crippen molar-refractivity contribution >= 4 is 27.7 Å². The normalized spacial score (nSPS) is 14.4. The summed E-state index contributed by atoms with van der Waals surface area (Å²) in [6, 6.07) is 1.85. The molecule has 5 nitrogen and oxygen atoms in total. The number of hydrogen-bond donors (Lipinski definition) is 1. The number of rotatable bonds is 6. The Hall–Kier alpha value is -1.17. The van der Waals surface area contributed by atoms with Gasteiger partial charge < -0.3 is 10.2 Å². The highest BCUT2D eigenvalue weighted by molar-refractivity contribution is 9.10. The molecule has 0 saturated heterocycles. The van der Waals surface area contributed by atoms with Crippen molar-refractivity contribution in [3.63, 3.8) is 0 Å². The predicted octanol–water partition coefficient (Wildman–Crippen LogP) is 2.32. The molecule has 0 bridgehead atoms. The van der Waals surface area contributed by atoms with E-state index in [9.17, 15) is 4.79 Å². The minimum atomic E-state index is 0.0175. The number of likely N-dealkylation sites (N-methyl/N-ethyl adjacent to an activating group) is 1. The van der Waals surface area contributed by atoms with E-state index in [-0.39, 0.29) is 5.91 Å². The first-order valence-electron chi connectivity index (χ1n) is 6.98. The van der Waals surface area contributed by atoms with Gasteiger partial charge >= 0.3 is 0 Å². The Balaban J connectivity index is 1.97. The highest BCUT2D eigenvalue weighted by Gasteiger charge is 2.27. The summed E-state index contributed by atoms with van der Waals surface area (Å²) in [7, 11) is 1.88. The number of carbonyl (C=O) groups excluding carboxylic acids is 1. The van der Waals surface area contributed by atoms with Crippen LogP contribution in [0, 0.1) is 5.92 Å². The van der Waals surface area contributed by atoms with Crippen LogP contribution in [0.2, 0.25) is 0 Å². The number of halogens is 1. The second kappa shape index (κ2) is 6.52. The van der Waals surface area contributed by atoms with Gasteiger partial charge in [-0.1, -0.05) is 13.8 Å². The molecule has 2 rings (SSSR count). The molecule has 1 N–H and O–H groups in total. The zero-order chi connectivity index (χ0) is 14.7. The van der Waals surface area contributed by atoms with Crippen LogP contribution in [0.4, 0.5) is 5.82 Å². The minimum absolute atomic E-state index is 0.0175. The fourth-order valence-corrected chi connectivity index (χ4v) is 2.20. The average Bonchev–Trinajstić information content (AvgIpc) is 3.19. The highest BCUT2D eigenvalue weighted by atomic mass is 79.9. The van der Waals surface area contributed by atoms with E-state index < -0.39 is 0 Å². The molecule has 0 spiro atoms. The molecule has 1 aliphatic rings. The lowest BCUT2D eigenvalue weighted by atomic mass is 10.2. The summed E-state index contributed by atoms with van der Waals surface area (Å²) in [6.45, 7) is 5.16. The lowest BCUT2D eigenvalue weighted by molar-refractivity contribution is -0.119. The van der Waals surface area contributed by atoms with Crippen LogP contribution in [0.15, 0.2) is 10.7 Å². The van der Waals surface area contributed by atoms with Crippen molar-refractivity contribution in [1.82, 2.24) is 15.3 Å². The van der Waals surface area contributed by atoms with Gasteiger partial charge in [0.2, 0.25) is 5.91 Å². The summed E-state index contributed by atoms with van der Waals surface area (Å²) in [4.78, 5) is 22.6. The maximum absolute atomic E-state index is 11.8. The zero-order valence-corrected chi connectivity index (χ0v) is 13.8. The molecule has 6 heteroatoms. The van der Waals surface area contributed by atoms with Crippen molar-refractivity contribution in [3.05, 3.63) is 16.5 Å². The topological polar surface area (TPSA) is 58.1 Å². The molecule has 0 radical (unpaired) electrons. The van der Waals surface area contributed by atoms with Crippen LogP contribution in [-0.2, 0) is 4.79 Å². The molecule has 1 aliphatic carbocycles. The Morgan fingerprint density at radius 2 is 2.20 bits per heavy atom. The molecular weight excluding hydrogens is 320 g/mol. The summed E-state index contributed by atoms with van der Waals surface area (Å²) in [6.07, 6.45) is 2.32. The van der Waals surface area contributed by atoms with Crippen LogP contribution in [0.3, 0.4) is 0 Å². The fraction of sp³-hybridized carbons (Fsp3) is 0.643. The molecule has 0 atom stereocenters. The maximum atomic E-state index is 11.8. The van der Waals surface area contributed by atoms with Gasteiger partial charge in [-0.25, -0.2) is 9.97 Å². The van der Waals surface area contributed by atoms with Gasteiger partial charge in [-0.05, 0) is 34.7 Å². The SMILES string of the molecule is CC(C)CNC(=O)CN(C)c1cc(Br)nc(C2CC2)n1. The van der Waals surface area contributed by atoms with Gasteiger partial charge in [-0.15, -0.1) is 0 Å². The molecule has 1 saturated carbocycles. The first-order valence-corrected chi connectivity index (χ1v) is 7.77. The second-order valence-corrected chi connectivity index (χ2v) is 6.55. The number of amides is 1. The van der Waals surface area contributed by atoms with Gasteiger partial charge in [0.05, 0.1) is 6.54 Å². The van der Waals surface area contributed by atoms with E-state index in [1.807, 2.05) is 18.0 Å². The molecule has 0 aromatic carbocycles. The lowest BCUT2D eigenvalue weighted by Crippen LogP contribution is -2.37. The van der Waals surface area contributed by atoms with Gasteiger partial charge in [-0.3, -0.25) is 4.79 Å². The molecule has 0 unspecified atom stereocenters. The predicted molar refractivity (Wildman–Crippen MR) is 82.8 cm³/mol. The zero-order valence-electron chi connectivity index (χ0n) is 12.2. The van der Waals surface area contributed by atoms with Crippen LogP contribution < -0.4 is 10.2 Å². The molecule has 110 valence electrons. The fourth-order valence-electron chi connectivity index (χ4n) is 1.81. The number of anilines is 1. The molecular formula is C14H21BrN4O. The van der Waals surface area contributed by atoms with Crippen molar-refractivity contribution in [2.24, 2.45) is 5.92 Å². The van der Waals surface area contributed by atoms with Gasteiger partial charge in [-0.2, -0.15) is 0 Å². The average molecular weight is 341 g/mol. The Labute approximate surface area is 128 Å². The Kier molecular flexibility index (Phi) is 4.96. The van der Waals surface area contributed by atoms with Crippen molar-refractivity contribution < 1.29 is 4.79 Å². The third kappa shape index (κ3) is 4.44. The lowest BCUT2D eigenvalue weighted by Gasteiger charge is -2.19. The number of carbonyl (C=O) groups is 1. The summed E-state index contributed by atoms with van der Waals surface area (Å²) >= 11 is 3.42. The second-order valence-electron chi connectivity index (χ2n) is 5.74. The monoisotopic (exact) mass is 340 g/mol. The smallest absolute Gasteiger partial charge is 0.239 e. The number of aromatic nitrogens is 2. The molecule has 0 aliphatic heterocycles. The summed E-state index contributed by atoms with van der Waals surface area (Å²) in [5.41, 5.74) is 0. The van der Waals surface area contributed by atoms with Crippen molar-refractivity contribution in [1.29, 1.82) is 0 Å². The van der Waals surface area contributed by atoms with Crippen LogP contribution in [0.5, 0.6) is 0 Å². The molecule has 1 aromatic heterocycles. The number of hydrogen-bond acceptors (Lipinski definition) is 4. The number of nitrogens with zero attached hydrogens (tertiary/aromatic N) is 3. The van der Waals surface area contributed by atoms with Crippen LogP contribution in [0.25, 0.3) is 0 Å². The molecule has 20 heavy (non-hydrogen) atoms. The van der Waals surface area contributed by atoms with E-state index in [0.717, 1.165) is 29.1 Å². The van der Waals surface area contributed by atoms with E-state index in [1.165, 1.54) is 0 Å². The van der Waals surface area contributed by atoms with E-state index in [4.69, 9.17) is 0 Å². The van der Waals surface area contributed by atoms with Gasteiger partial charge in [0, 0.05) is 25.6 Å². The first-order chi connectivity index (χ1) is 9.45. The largest absolute Gasteiger partial charge is 0.354 e. The van der Waals surface area contributed by atoms with E-state index in [1.54, 1.807) is 0 Å². The van der Waals surface area contributed by atoms with Gasteiger partial charge in [0.1, 0.15) is 16.2 Å². The Morgan fingerprint density at radius 1 is 1.50 bits per heavy atom. The molecule has 1 fully saturated rings. The van der Waals surface area contributed by atoms with Crippen LogP contribution in [-0.4, -0.2) is 36.0 Å². The van der Waals surface area contributed by atoms with Crippen molar-refractivity contribution in [2.45, 2.75) is 32.6 Å². The molecule has 1 heterocycles. The Bertz CT molecular complexity index is 488. The Morgan fingerprint density at radius 3 is 2.80 bits per heavy atom. The van der Waals surface area contributed by atoms with Crippen LogP contribution in [0.1, 0.15) is 38.4 Å². The van der Waals surface area contributed by atoms with Crippen molar-refractivity contribution in [3.8, 4) is 0 Å². The van der Waals surface area contributed by atoms with E-state index >= 15 is 0 Å². The van der Waals surface area contributed by atoms with Crippen molar-refractivity contribution in [2.75, 3.05) is 25.0 Å². The third-order valence-corrected chi connectivity index (χ3v) is 3.53. The summed E-state index contributed by atoms with van der Waals surface area (Å²) in [5, 5.41) is 2.91.